The van der Waals surface area contributed by atoms with E-state index in [1.165, 1.54) is 10.9 Å². The van der Waals surface area contributed by atoms with E-state index in [0.29, 0.717) is 11.4 Å². The fourth-order valence-corrected chi connectivity index (χ4v) is 2.88. The first-order valence-electron chi connectivity index (χ1n) is 5.37. The molecule has 6 nitrogen and oxygen atoms in total. The van der Waals surface area contributed by atoms with Crippen molar-refractivity contribution < 1.29 is 12.8 Å². The average molecular weight is 284 g/mol. The molecule has 19 heavy (non-hydrogen) atoms. The third kappa shape index (κ3) is 2.68. The van der Waals surface area contributed by atoms with Crippen LogP contribution in [-0.2, 0) is 17.1 Å². The molecule has 0 saturated carbocycles. The Morgan fingerprint density at radius 3 is 2.63 bits per heavy atom. The van der Waals surface area contributed by atoms with Crippen LogP contribution in [0, 0.1) is 12.7 Å². The van der Waals surface area contributed by atoms with E-state index in [-0.39, 0.29) is 10.6 Å². The van der Waals surface area contributed by atoms with Gasteiger partial charge in [0.1, 0.15) is 10.7 Å². The van der Waals surface area contributed by atoms with Crippen LogP contribution in [0.25, 0.3) is 0 Å². The summed E-state index contributed by atoms with van der Waals surface area (Å²) in [6.07, 6.45) is 1.53. The Hall–Kier alpha value is -2.09. The zero-order valence-electron chi connectivity index (χ0n) is 10.4. The van der Waals surface area contributed by atoms with Crippen LogP contribution >= 0.6 is 0 Å². The summed E-state index contributed by atoms with van der Waals surface area (Å²) in [4.78, 5) is -0.169. The minimum absolute atomic E-state index is 0.144. The first kappa shape index (κ1) is 13.3. The Morgan fingerprint density at radius 1 is 1.42 bits per heavy atom. The normalized spacial score (nSPS) is 11.5. The van der Waals surface area contributed by atoms with Crippen LogP contribution in [0.5, 0.6) is 0 Å². The van der Waals surface area contributed by atoms with Crippen LogP contribution in [0.15, 0.2) is 29.3 Å². The zero-order chi connectivity index (χ0) is 14.2. The van der Waals surface area contributed by atoms with Gasteiger partial charge in [-0.15, -0.1) is 0 Å². The van der Waals surface area contributed by atoms with E-state index >= 15 is 0 Å². The number of rotatable bonds is 3. The van der Waals surface area contributed by atoms with Crippen molar-refractivity contribution in [2.75, 3.05) is 10.5 Å². The molecular formula is C11H13FN4O2S. The summed E-state index contributed by atoms with van der Waals surface area (Å²) >= 11 is 0. The molecule has 1 aromatic carbocycles. The van der Waals surface area contributed by atoms with Crippen molar-refractivity contribution in [3.05, 3.63) is 35.9 Å². The Bertz CT molecular complexity index is 724. The second-order valence-corrected chi connectivity index (χ2v) is 5.74. The number of aromatic nitrogens is 2. The molecule has 2 aromatic rings. The maximum Gasteiger partial charge on any atom is 0.264 e. The smallest absolute Gasteiger partial charge is 0.264 e. The van der Waals surface area contributed by atoms with Crippen LogP contribution in [-0.4, -0.2) is 18.2 Å². The van der Waals surface area contributed by atoms with Crippen molar-refractivity contribution in [1.82, 2.24) is 9.78 Å². The summed E-state index contributed by atoms with van der Waals surface area (Å²) in [5.41, 5.74) is 6.27. The lowest BCUT2D eigenvalue weighted by Gasteiger charge is -2.09. The van der Waals surface area contributed by atoms with E-state index in [1.807, 2.05) is 0 Å². The number of nitrogens with one attached hydrogen (secondary N) is 1. The maximum absolute atomic E-state index is 12.9. The highest BCUT2D eigenvalue weighted by Gasteiger charge is 2.19. The minimum atomic E-state index is -3.86. The highest BCUT2D eigenvalue weighted by molar-refractivity contribution is 7.92. The van der Waals surface area contributed by atoms with Gasteiger partial charge in [0.15, 0.2) is 0 Å². The second-order valence-electron chi connectivity index (χ2n) is 4.09. The van der Waals surface area contributed by atoms with Gasteiger partial charge in [0.05, 0.1) is 17.1 Å². The van der Waals surface area contributed by atoms with E-state index < -0.39 is 15.8 Å². The first-order chi connectivity index (χ1) is 8.79. The molecule has 8 heteroatoms. The molecule has 2 rings (SSSR count). The third-order valence-electron chi connectivity index (χ3n) is 2.52. The van der Waals surface area contributed by atoms with E-state index in [0.717, 1.165) is 18.2 Å². The lowest BCUT2D eigenvalue weighted by molar-refractivity contribution is 0.600. The average Bonchev–Trinajstić information content (AvgIpc) is 2.55. The van der Waals surface area contributed by atoms with Crippen molar-refractivity contribution in [1.29, 1.82) is 0 Å². The summed E-state index contributed by atoms with van der Waals surface area (Å²) in [5.74, 6) is -0.589. The first-order valence-corrected chi connectivity index (χ1v) is 6.86. The molecule has 0 amide bonds. The van der Waals surface area contributed by atoms with Gasteiger partial charge in [-0.1, -0.05) is 0 Å². The van der Waals surface area contributed by atoms with Crippen molar-refractivity contribution in [2.45, 2.75) is 11.8 Å². The molecule has 0 unspecified atom stereocenters. The largest absolute Gasteiger partial charge is 0.398 e. The molecule has 0 spiro atoms. The van der Waals surface area contributed by atoms with E-state index in [9.17, 15) is 12.8 Å². The minimum Gasteiger partial charge on any atom is -0.398 e. The molecule has 0 radical (unpaired) electrons. The summed E-state index contributed by atoms with van der Waals surface area (Å²) in [5, 5.41) is 4.02. The SMILES string of the molecule is Cc1nn(C)cc1NS(=O)(=O)c1ccc(F)cc1N. The van der Waals surface area contributed by atoms with Gasteiger partial charge < -0.3 is 5.73 Å². The molecule has 0 saturated heterocycles. The molecule has 0 fully saturated rings. The topological polar surface area (TPSA) is 90.0 Å². The van der Waals surface area contributed by atoms with Gasteiger partial charge in [0.2, 0.25) is 0 Å². The van der Waals surface area contributed by atoms with Gasteiger partial charge in [-0.25, -0.2) is 12.8 Å². The highest BCUT2D eigenvalue weighted by atomic mass is 32.2. The van der Waals surface area contributed by atoms with Gasteiger partial charge in [-0.05, 0) is 25.1 Å². The number of sulfonamides is 1. The molecule has 0 aliphatic heterocycles. The Kier molecular flexibility index (Phi) is 3.19. The maximum atomic E-state index is 12.9. The van der Waals surface area contributed by atoms with E-state index in [2.05, 4.69) is 9.82 Å². The van der Waals surface area contributed by atoms with Crippen LogP contribution in [0.4, 0.5) is 15.8 Å². The van der Waals surface area contributed by atoms with E-state index in [4.69, 9.17) is 5.73 Å². The van der Waals surface area contributed by atoms with Crippen LogP contribution in [0.2, 0.25) is 0 Å². The predicted octanol–water partition coefficient (Wildman–Crippen LogP) is 1.25. The number of hydrogen-bond donors (Lipinski definition) is 2. The fraction of sp³-hybridized carbons (Fsp3) is 0.182. The van der Waals surface area contributed by atoms with Crippen molar-refractivity contribution in [3.8, 4) is 0 Å². The number of anilines is 2. The number of aryl methyl sites for hydroxylation is 2. The molecule has 0 atom stereocenters. The highest BCUT2D eigenvalue weighted by Crippen LogP contribution is 2.23. The summed E-state index contributed by atoms with van der Waals surface area (Å²) < 4.78 is 41.1. The molecule has 3 N–H and O–H groups in total. The van der Waals surface area contributed by atoms with Gasteiger partial charge in [0, 0.05) is 13.2 Å². The van der Waals surface area contributed by atoms with Crippen LogP contribution in [0.3, 0.4) is 0 Å². The summed E-state index contributed by atoms with van der Waals surface area (Å²) in [7, 11) is -2.19. The fourth-order valence-electron chi connectivity index (χ4n) is 1.66. The van der Waals surface area contributed by atoms with Crippen LogP contribution < -0.4 is 10.5 Å². The number of benzene rings is 1. The molecule has 0 bridgehead atoms. The summed E-state index contributed by atoms with van der Waals surface area (Å²) in [6.45, 7) is 1.67. The lowest BCUT2D eigenvalue weighted by atomic mass is 10.3. The van der Waals surface area contributed by atoms with Crippen LogP contribution in [0.1, 0.15) is 5.69 Å². The van der Waals surface area contributed by atoms with E-state index in [1.54, 1.807) is 14.0 Å². The molecule has 0 aliphatic carbocycles. The Labute approximate surface area is 110 Å². The van der Waals surface area contributed by atoms with Crippen molar-refractivity contribution >= 4 is 21.4 Å². The molecule has 0 aliphatic rings. The molecule has 102 valence electrons. The van der Waals surface area contributed by atoms with Gasteiger partial charge in [0.25, 0.3) is 10.0 Å². The second kappa shape index (κ2) is 4.54. The summed E-state index contributed by atoms with van der Waals surface area (Å²) in [6, 6.07) is 3.13. The van der Waals surface area contributed by atoms with Gasteiger partial charge >= 0.3 is 0 Å². The van der Waals surface area contributed by atoms with Gasteiger partial charge in [-0.3, -0.25) is 9.40 Å². The number of nitrogens with two attached hydrogens (primary N) is 1. The predicted molar refractivity (Wildman–Crippen MR) is 69.6 cm³/mol. The number of nitrogen functional groups attached to an aromatic ring is 1. The standard InChI is InChI=1S/C11H13FN4O2S/c1-7-10(6-16(2)14-7)15-19(17,18)11-4-3-8(12)5-9(11)13/h3-6,15H,13H2,1-2H3. The van der Waals surface area contributed by atoms with Gasteiger partial charge in [-0.2, -0.15) is 5.10 Å². The number of hydrogen-bond acceptors (Lipinski definition) is 4. The molecular weight excluding hydrogens is 271 g/mol. The molecule has 1 heterocycles. The quantitative estimate of drug-likeness (QED) is 0.830. The third-order valence-corrected chi connectivity index (χ3v) is 3.96. The number of nitrogens with zero attached hydrogens (tertiary/aromatic N) is 2. The van der Waals surface area contributed by atoms with Crippen molar-refractivity contribution in [2.24, 2.45) is 7.05 Å². The zero-order valence-corrected chi connectivity index (χ0v) is 11.2. The monoisotopic (exact) mass is 284 g/mol. The Morgan fingerprint density at radius 2 is 2.11 bits per heavy atom. The lowest BCUT2D eigenvalue weighted by Crippen LogP contribution is -2.15. The Balaban J connectivity index is 2.40. The number of halogens is 1. The molecule has 1 aromatic heterocycles. The van der Waals surface area contributed by atoms with Crippen molar-refractivity contribution in [3.63, 3.8) is 0 Å².